The van der Waals surface area contributed by atoms with Crippen LogP contribution in [0.15, 0.2) is 42.5 Å². The normalized spacial score (nSPS) is 10.9. The third-order valence-corrected chi connectivity index (χ3v) is 3.74. The van der Waals surface area contributed by atoms with Crippen molar-refractivity contribution in [3.8, 4) is 0 Å². The number of aromatic amines is 1. The van der Waals surface area contributed by atoms with Gasteiger partial charge in [0.05, 0.1) is 17.1 Å². The molecule has 0 saturated heterocycles. The standard InChI is InChI=1S/C17H19N3/c1-11-8-9-14(18)16(10-11)20(3)17-12(2)19-15-7-5-4-6-13(15)17/h4-10,19H,18H2,1-3H3. The number of aromatic nitrogens is 1. The molecule has 0 atom stereocenters. The summed E-state index contributed by atoms with van der Waals surface area (Å²) < 4.78 is 0. The third-order valence-electron chi connectivity index (χ3n) is 3.74. The van der Waals surface area contributed by atoms with Crippen molar-refractivity contribution in [1.82, 2.24) is 4.98 Å². The SMILES string of the molecule is Cc1ccc(N)c(N(C)c2c(C)[nH]c3ccccc23)c1. The van der Waals surface area contributed by atoms with E-state index in [9.17, 15) is 0 Å². The minimum absolute atomic E-state index is 0.794. The fraction of sp³-hybridized carbons (Fsp3) is 0.176. The molecule has 0 aliphatic carbocycles. The number of anilines is 3. The minimum atomic E-state index is 0.794. The number of nitrogen functional groups attached to an aromatic ring is 1. The van der Waals surface area contributed by atoms with Gasteiger partial charge in [-0.05, 0) is 37.6 Å². The molecule has 0 fully saturated rings. The van der Waals surface area contributed by atoms with Crippen LogP contribution in [0.4, 0.5) is 17.1 Å². The van der Waals surface area contributed by atoms with E-state index in [-0.39, 0.29) is 0 Å². The zero-order valence-corrected chi connectivity index (χ0v) is 12.1. The zero-order valence-electron chi connectivity index (χ0n) is 12.1. The van der Waals surface area contributed by atoms with Gasteiger partial charge in [-0.25, -0.2) is 0 Å². The van der Waals surface area contributed by atoms with E-state index in [1.807, 2.05) is 18.2 Å². The molecule has 102 valence electrons. The summed E-state index contributed by atoms with van der Waals surface area (Å²) in [6, 6.07) is 14.5. The number of H-pyrrole nitrogens is 1. The average molecular weight is 265 g/mol. The number of nitrogens with two attached hydrogens (primary N) is 1. The van der Waals surface area contributed by atoms with E-state index in [0.717, 1.165) is 22.6 Å². The predicted octanol–water partition coefficient (Wildman–Crippen LogP) is 4.13. The van der Waals surface area contributed by atoms with Crippen LogP contribution in [0.1, 0.15) is 11.3 Å². The van der Waals surface area contributed by atoms with Crippen molar-refractivity contribution in [1.29, 1.82) is 0 Å². The molecule has 0 radical (unpaired) electrons. The quantitative estimate of drug-likeness (QED) is 0.684. The molecule has 0 bridgehead atoms. The van der Waals surface area contributed by atoms with Crippen LogP contribution < -0.4 is 10.6 Å². The Hall–Kier alpha value is -2.42. The second kappa shape index (κ2) is 4.60. The highest BCUT2D eigenvalue weighted by molar-refractivity contribution is 5.97. The molecule has 0 spiro atoms. The highest BCUT2D eigenvalue weighted by Crippen LogP contribution is 2.36. The molecule has 0 amide bonds. The number of hydrogen-bond acceptors (Lipinski definition) is 2. The Morgan fingerprint density at radius 1 is 1.05 bits per heavy atom. The van der Waals surface area contributed by atoms with Crippen molar-refractivity contribution in [3.63, 3.8) is 0 Å². The van der Waals surface area contributed by atoms with Gasteiger partial charge < -0.3 is 15.6 Å². The monoisotopic (exact) mass is 265 g/mol. The van der Waals surface area contributed by atoms with E-state index in [0.29, 0.717) is 0 Å². The van der Waals surface area contributed by atoms with E-state index >= 15 is 0 Å². The lowest BCUT2D eigenvalue weighted by Gasteiger charge is -2.22. The molecule has 0 aliphatic rings. The van der Waals surface area contributed by atoms with Crippen LogP contribution in [0.3, 0.4) is 0 Å². The van der Waals surface area contributed by atoms with Crippen molar-refractivity contribution < 1.29 is 0 Å². The maximum absolute atomic E-state index is 6.14. The summed E-state index contributed by atoms with van der Waals surface area (Å²) in [6.45, 7) is 4.18. The van der Waals surface area contributed by atoms with E-state index < -0.39 is 0 Å². The van der Waals surface area contributed by atoms with Gasteiger partial charge in [-0.3, -0.25) is 0 Å². The van der Waals surface area contributed by atoms with Crippen LogP contribution >= 0.6 is 0 Å². The molecule has 1 heterocycles. The Morgan fingerprint density at radius 2 is 1.80 bits per heavy atom. The van der Waals surface area contributed by atoms with Gasteiger partial charge in [0.25, 0.3) is 0 Å². The van der Waals surface area contributed by atoms with E-state index in [2.05, 4.69) is 55.0 Å². The molecule has 0 aliphatic heterocycles. The molecule has 0 unspecified atom stereocenters. The lowest BCUT2D eigenvalue weighted by Crippen LogP contribution is -2.12. The summed E-state index contributed by atoms with van der Waals surface area (Å²) >= 11 is 0. The van der Waals surface area contributed by atoms with Crippen molar-refractivity contribution in [3.05, 3.63) is 53.7 Å². The molecule has 0 saturated carbocycles. The zero-order chi connectivity index (χ0) is 14.3. The summed E-state index contributed by atoms with van der Waals surface area (Å²) in [4.78, 5) is 5.59. The van der Waals surface area contributed by atoms with Crippen LogP contribution in [0.5, 0.6) is 0 Å². The second-order valence-electron chi connectivity index (χ2n) is 5.27. The van der Waals surface area contributed by atoms with Gasteiger partial charge in [0.1, 0.15) is 0 Å². The van der Waals surface area contributed by atoms with Gasteiger partial charge in [-0.2, -0.15) is 0 Å². The maximum Gasteiger partial charge on any atom is 0.0696 e. The van der Waals surface area contributed by atoms with Gasteiger partial charge in [-0.15, -0.1) is 0 Å². The lowest BCUT2D eigenvalue weighted by atomic mass is 10.1. The van der Waals surface area contributed by atoms with E-state index in [1.165, 1.54) is 16.6 Å². The number of benzene rings is 2. The highest BCUT2D eigenvalue weighted by atomic mass is 15.1. The van der Waals surface area contributed by atoms with Gasteiger partial charge in [-0.1, -0.05) is 24.3 Å². The fourth-order valence-electron chi connectivity index (χ4n) is 2.76. The van der Waals surface area contributed by atoms with Crippen molar-refractivity contribution in [2.75, 3.05) is 17.7 Å². The van der Waals surface area contributed by atoms with Crippen LogP contribution in [0.2, 0.25) is 0 Å². The molecule has 2 aromatic carbocycles. The van der Waals surface area contributed by atoms with Crippen molar-refractivity contribution in [2.45, 2.75) is 13.8 Å². The number of para-hydroxylation sites is 1. The van der Waals surface area contributed by atoms with Crippen molar-refractivity contribution >= 4 is 28.0 Å². The first-order chi connectivity index (χ1) is 9.58. The predicted molar refractivity (Wildman–Crippen MR) is 86.7 cm³/mol. The van der Waals surface area contributed by atoms with E-state index in [4.69, 9.17) is 5.73 Å². The van der Waals surface area contributed by atoms with Gasteiger partial charge in [0.15, 0.2) is 0 Å². The summed E-state index contributed by atoms with van der Waals surface area (Å²) in [7, 11) is 2.06. The Bertz CT molecular complexity index is 771. The number of aryl methyl sites for hydroxylation is 2. The fourth-order valence-corrected chi connectivity index (χ4v) is 2.76. The maximum atomic E-state index is 6.14. The number of nitrogens with zero attached hydrogens (tertiary/aromatic N) is 1. The minimum Gasteiger partial charge on any atom is -0.397 e. The summed E-state index contributed by atoms with van der Waals surface area (Å²) in [5, 5.41) is 1.22. The molecular formula is C17H19N3. The molecule has 3 aromatic rings. The molecule has 3 heteroatoms. The molecular weight excluding hydrogens is 246 g/mol. The lowest BCUT2D eigenvalue weighted by molar-refractivity contribution is 1.17. The largest absolute Gasteiger partial charge is 0.397 e. The summed E-state index contributed by atoms with van der Waals surface area (Å²) in [5.74, 6) is 0. The first kappa shape index (κ1) is 12.6. The smallest absolute Gasteiger partial charge is 0.0696 e. The Labute approximate surface area is 119 Å². The molecule has 1 aromatic heterocycles. The first-order valence-electron chi connectivity index (χ1n) is 6.75. The van der Waals surface area contributed by atoms with Gasteiger partial charge in [0.2, 0.25) is 0 Å². The highest BCUT2D eigenvalue weighted by Gasteiger charge is 2.15. The Kier molecular flexibility index (Phi) is 2.90. The van der Waals surface area contributed by atoms with Crippen molar-refractivity contribution in [2.24, 2.45) is 0 Å². The Balaban J connectivity index is 2.20. The number of fused-ring (bicyclic) bond motifs is 1. The van der Waals surface area contributed by atoms with Crippen LogP contribution in [0.25, 0.3) is 10.9 Å². The van der Waals surface area contributed by atoms with Gasteiger partial charge in [0, 0.05) is 23.6 Å². The van der Waals surface area contributed by atoms with Crippen LogP contribution in [0, 0.1) is 13.8 Å². The summed E-state index contributed by atoms with van der Waals surface area (Å²) in [5.41, 5.74) is 12.7. The average Bonchev–Trinajstić information content (AvgIpc) is 2.76. The van der Waals surface area contributed by atoms with E-state index in [1.54, 1.807) is 0 Å². The second-order valence-corrected chi connectivity index (χ2v) is 5.27. The number of hydrogen-bond donors (Lipinski definition) is 2. The van der Waals surface area contributed by atoms with Crippen LogP contribution in [-0.4, -0.2) is 12.0 Å². The van der Waals surface area contributed by atoms with Gasteiger partial charge >= 0.3 is 0 Å². The molecule has 3 rings (SSSR count). The topological polar surface area (TPSA) is 45.0 Å². The molecule has 3 N–H and O–H groups in total. The first-order valence-corrected chi connectivity index (χ1v) is 6.75. The van der Waals surface area contributed by atoms with Crippen LogP contribution in [-0.2, 0) is 0 Å². The summed E-state index contributed by atoms with van der Waals surface area (Å²) in [6.07, 6.45) is 0. The number of rotatable bonds is 2. The molecule has 3 nitrogen and oxygen atoms in total. The third kappa shape index (κ3) is 1.92. The molecule has 20 heavy (non-hydrogen) atoms. The Morgan fingerprint density at radius 3 is 2.60 bits per heavy atom. The number of nitrogens with one attached hydrogen (secondary N) is 1.